The number of pyridine rings is 2. The van der Waals surface area contributed by atoms with Crippen LogP contribution in [0.2, 0.25) is 0 Å². The molecule has 170 valence electrons. The zero-order valence-corrected chi connectivity index (χ0v) is 18.7. The topological polar surface area (TPSA) is 120 Å². The summed E-state index contributed by atoms with van der Waals surface area (Å²) in [7, 11) is 1.80. The third-order valence-electron chi connectivity index (χ3n) is 5.64. The van der Waals surface area contributed by atoms with Gasteiger partial charge >= 0.3 is 0 Å². The molecule has 1 fully saturated rings. The lowest BCUT2D eigenvalue weighted by Gasteiger charge is -2.22. The number of hydrogen-bond acceptors (Lipinski definition) is 8. The molecule has 1 aliphatic heterocycles. The van der Waals surface area contributed by atoms with Gasteiger partial charge in [-0.15, -0.1) is 0 Å². The first-order chi connectivity index (χ1) is 16.2. The van der Waals surface area contributed by atoms with Gasteiger partial charge in [0.2, 0.25) is 5.82 Å². The van der Waals surface area contributed by atoms with Gasteiger partial charge in [0, 0.05) is 62.6 Å². The smallest absolute Gasteiger partial charge is 0.289 e. The number of amides is 1. The van der Waals surface area contributed by atoms with Crippen molar-refractivity contribution >= 4 is 23.3 Å². The van der Waals surface area contributed by atoms with Crippen LogP contribution < -0.4 is 15.5 Å². The lowest BCUT2D eigenvalue weighted by molar-refractivity contribution is 0.0940. The van der Waals surface area contributed by atoms with Crippen LogP contribution in [0.5, 0.6) is 0 Å². The van der Waals surface area contributed by atoms with Gasteiger partial charge in [0.15, 0.2) is 0 Å². The van der Waals surface area contributed by atoms with Gasteiger partial charge in [-0.3, -0.25) is 15.2 Å². The molecule has 3 aromatic rings. The van der Waals surface area contributed by atoms with Crippen molar-refractivity contribution in [3.05, 3.63) is 71.6 Å². The predicted octanol–water partition coefficient (Wildman–Crippen LogP) is 3.03. The van der Waals surface area contributed by atoms with Gasteiger partial charge in [-0.05, 0) is 36.6 Å². The van der Waals surface area contributed by atoms with Gasteiger partial charge in [0.1, 0.15) is 11.6 Å². The van der Waals surface area contributed by atoms with Gasteiger partial charge in [-0.1, -0.05) is 18.9 Å². The van der Waals surface area contributed by atoms with Crippen LogP contribution in [0.1, 0.15) is 53.0 Å². The summed E-state index contributed by atoms with van der Waals surface area (Å²) in [5.74, 6) is 1.24. The SMILES string of the molecule is CNc1nc(N2CCCCCC2)ccc1C(=N)c1cnc(C(=O)NCc2cccnc2)nc1. The summed E-state index contributed by atoms with van der Waals surface area (Å²) in [6, 6.07) is 7.57. The molecule has 0 aliphatic carbocycles. The minimum absolute atomic E-state index is 0.0546. The maximum absolute atomic E-state index is 12.3. The summed E-state index contributed by atoms with van der Waals surface area (Å²) in [6.45, 7) is 2.35. The zero-order chi connectivity index (χ0) is 23.0. The summed E-state index contributed by atoms with van der Waals surface area (Å²) in [5, 5.41) is 14.5. The van der Waals surface area contributed by atoms with Crippen molar-refractivity contribution in [3.8, 4) is 0 Å². The Morgan fingerprint density at radius 1 is 1.06 bits per heavy atom. The quantitative estimate of drug-likeness (QED) is 0.479. The summed E-state index contributed by atoms with van der Waals surface area (Å²) >= 11 is 0. The molecule has 0 aromatic carbocycles. The van der Waals surface area contributed by atoms with Crippen LogP contribution in [0.25, 0.3) is 0 Å². The lowest BCUT2D eigenvalue weighted by atomic mass is 10.1. The first-order valence-corrected chi connectivity index (χ1v) is 11.2. The average molecular weight is 445 g/mol. The second-order valence-electron chi connectivity index (χ2n) is 7.93. The van der Waals surface area contributed by atoms with E-state index >= 15 is 0 Å². The molecule has 0 radical (unpaired) electrons. The number of rotatable bonds is 7. The van der Waals surface area contributed by atoms with E-state index in [4.69, 9.17) is 10.4 Å². The Labute approximate surface area is 193 Å². The van der Waals surface area contributed by atoms with Crippen LogP contribution in [0, 0.1) is 5.41 Å². The summed E-state index contributed by atoms with van der Waals surface area (Å²) in [4.78, 5) is 31.8. The molecule has 4 rings (SSSR count). The van der Waals surface area contributed by atoms with Crippen molar-refractivity contribution < 1.29 is 4.79 Å². The van der Waals surface area contributed by atoms with Crippen LogP contribution >= 0.6 is 0 Å². The van der Waals surface area contributed by atoms with Crippen molar-refractivity contribution in [1.82, 2.24) is 25.3 Å². The van der Waals surface area contributed by atoms with E-state index in [-0.39, 0.29) is 17.4 Å². The molecule has 0 bridgehead atoms. The average Bonchev–Trinajstić information content (AvgIpc) is 3.17. The molecule has 0 spiro atoms. The van der Waals surface area contributed by atoms with Crippen molar-refractivity contribution in [2.24, 2.45) is 0 Å². The Hall–Kier alpha value is -3.88. The van der Waals surface area contributed by atoms with E-state index in [1.54, 1.807) is 19.4 Å². The molecule has 1 saturated heterocycles. The summed E-state index contributed by atoms with van der Waals surface area (Å²) in [6.07, 6.45) is 11.2. The van der Waals surface area contributed by atoms with Gasteiger partial charge in [-0.25, -0.2) is 15.0 Å². The molecule has 3 aromatic heterocycles. The van der Waals surface area contributed by atoms with Crippen molar-refractivity contribution in [2.75, 3.05) is 30.4 Å². The standard InChI is InChI=1S/C24H28N8O/c1-26-22-19(8-9-20(31-22)32-11-4-2-3-5-12-32)21(25)18-15-28-23(29-16-18)24(33)30-14-17-7-6-10-27-13-17/h6-10,13,15-16,25H,2-5,11-12,14H2,1H3,(H,26,31)(H,30,33). The second-order valence-corrected chi connectivity index (χ2v) is 7.93. The van der Waals surface area contributed by atoms with E-state index in [2.05, 4.69) is 30.5 Å². The molecule has 4 heterocycles. The molecule has 1 amide bonds. The molecule has 0 saturated carbocycles. The fourth-order valence-corrected chi connectivity index (χ4v) is 3.81. The molecule has 0 atom stereocenters. The molecular formula is C24H28N8O. The Kier molecular flexibility index (Phi) is 7.19. The minimum atomic E-state index is -0.378. The first-order valence-electron chi connectivity index (χ1n) is 11.2. The van der Waals surface area contributed by atoms with Gasteiger partial charge in [0.25, 0.3) is 5.91 Å². The van der Waals surface area contributed by atoms with Crippen molar-refractivity contribution in [2.45, 2.75) is 32.2 Å². The highest BCUT2D eigenvalue weighted by Crippen LogP contribution is 2.23. The predicted molar refractivity (Wildman–Crippen MR) is 128 cm³/mol. The molecule has 33 heavy (non-hydrogen) atoms. The number of hydrogen-bond donors (Lipinski definition) is 3. The van der Waals surface area contributed by atoms with E-state index in [0.717, 1.165) is 24.5 Å². The number of nitrogens with one attached hydrogen (secondary N) is 3. The minimum Gasteiger partial charge on any atom is -0.373 e. The number of anilines is 2. The Bertz CT molecular complexity index is 1090. The molecular weight excluding hydrogens is 416 g/mol. The Morgan fingerprint density at radius 2 is 1.82 bits per heavy atom. The Morgan fingerprint density at radius 3 is 2.48 bits per heavy atom. The van der Waals surface area contributed by atoms with Crippen molar-refractivity contribution in [1.29, 1.82) is 5.41 Å². The normalized spacial score (nSPS) is 13.8. The maximum Gasteiger partial charge on any atom is 0.289 e. The molecule has 9 nitrogen and oxygen atoms in total. The van der Waals surface area contributed by atoms with Crippen molar-refractivity contribution in [3.63, 3.8) is 0 Å². The Balaban J connectivity index is 1.45. The first kappa shape index (κ1) is 22.3. The molecule has 3 N–H and O–H groups in total. The van der Waals surface area contributed by atoms with Gasteiger partial charge in [0.05, 0.1) is 5.71 Å². The third-order valence-corrected chi connectivity index (χ3v) is 5.64. The molecule has 9 heteroatoms. The maximum atomic E-state index is 12.3. The van der Waals surface area contributed by atoms with Crippen LogP contribution in [0.15, 0.2) is 49.1 Å². The van der Waals surface area contributed by atoms with E-state index in [1.807, 2.05) is 24.3 Å². The highest BCUT2D eigenvalue weighted by atomic mass is 16.2. The number of carbonyl (C=O) groups excluding carboxylic acids is 1. The van der Waals surface area contributed by atoms with Gasteiger partial charge < -0.3 is 15.5 Å². The highest BCUT2D eigenvalue weighted by Gasteiger charge is 2.17. The number of nitrogens with zero attached hydrogens (tertiary/aromatic N) is 5. The fourth-order valence-electron chi connectivity index (χ4n) is 3.81. The van der Waals surface area contributed by atoms with E-state index < -0.39 is 0 Å². The third kappa shape index (κ3) is 5.49. The largest absolute Gasteiger partial charge is 0.373 e. The van der Waals surface area contributed by atoms with E-state index in [9.17, 15) is 4.79 Å². The number of aromatic nitrogens is 4. The second kappa shape index (κ2) is 10.6. The van der Waals surface area contributed by atoms with Gasteiger partial charge in [-0.2, -0.15) is 0 Å². The number of carbonyl (C=O) groups is 1. The van der Waals surface area contributed by atoms with Crippen LogP contribution in [-0.2, 0) is 6.54 Å². The molecule has 1 aliphatic rings. The van der Waals surface area contributed by atoms with Crippen LogP contribution in [0.3, 0.4) is 0 Å². The van der Waals surface area contributed by atoms with E-state index in [1.165, 1.54) is 38.1 Å². The molecule has 0 unspecified atom stereocenters. The fraction of sp³-hybridized carbons (Fsp3) is 0.333. The summed E-state index contributed by atoms with van der Waals surface area (Å²) < 4.78 is 0. The van der Waals surface area contributed by atoms with Crippen LogP contribution in [-0.4, -0.2) is 51.7 Å². The highest BCUT2D eigenvalue weighted by molar-refractivity contribution is 6.13. The zero-order valence-electron chi connectivity index (χ0n) is 18.7. The summed E-state index contributed by atoms with van der Waals surface area (Å²) in [5.41, 5.74) is 2.31. The van der Waals surface area contributed by atoms with Crippen LogP contribution in [0.4, 0.5) is 11.6 Å². The lowest BCUT2D eigenvalue weighted by Crippen LogP contribution is -2.25. The van der Waals surface area contributed by atoms with E-state index in [0.29, 0.717) is 23.5 Å². The monoisotopic (exact) mass is 444 g/mol.